The van der Waals surface area contributed by atoms with Crippen LogP contribution >= 0.6 is 22.6 Å². The van der Waals surface area contributed by atoms with Gasteiger partial charge >= 0.3 is 6.09 Å². The third-order valence-corrected chi connectivity index (χ3v) is 3.81. The van der Waals surface area contributed by atoms with Crippen LogP contribution in [0.25, 0.3) is 0 Å². The molecular formula is C13H23IN2O4. The Morgan fingerprint density at radius 2 is 2.10 bits per heavy atom. The standard InChI is InChI=1S/C13H23IN2O4/c1-6-7-8-19-16-10(17)9(13(16,5)14)15-11(18)20-12(2,3)4/h9H,6-8H2,1-5H3,(H,15,18)/t9-,13-/m1/s1. The summed E-state index contributed by atoms with van der Waals surface area (Å²) in [6.07, 6.45) is 1.30. The Labute approximate surface area is 133 Å². The quantitative estimate of drug-likeness (QED) is 0.254. The van der Waals surface area contributed by atoms with Crippen LogP contribution in [-0.2, 0) is 14.4 Å². The molecule has 0 spiro atoms. The summed E-state index contributed by atoms with van der Waals surface area (Å²) in [4.78, 5) is 29.2. The smallest absolute Gasteiger partial charge is 0.408 e. The van der Waals surface area contributed by atoms with Gasteiger partial charge in [-0.1, -0.05) is 13.3 Å². The molecule has 0 aliphatic carbocycles. The van der Waals surface area contributed by atoms with Crippen LogP contribution in [0, 0.1) is 0 Å². The van der Waals surface area contributed by atoms with Crippen molar-refractivity contribution in [3.8, 4) is 0 Å². The van der Waals surface area contributed by atoms with Gasteiger partial charge in [0.15, 0.2) is 0 Å². The number of halogens is 1. The number of unbranched alkanes of at least 4 members (excludes halogenated alkanes) is 1. The highest BCUT2D eigenvalue weighted by Crippen LogP contribution is 2.38. The van der Waals surface area contributed by atoms with E-state index in [4.69, 9.17) is 9.57 Å². The van der Waals surface area contributed by atoms with Gasteiger partial charge in [-0.25, -0.2) is 9.86 Å². The summed E-state index contributed by atoms with van der Waals surface area (Å²) >= 11 is 2.10. The number of nitrogens with one attached hydrogen (secondary N) is 1. The fourth-order valence-corrected chi connectivity index (χ4v) is 2.52. The second-order valence-corrected chi connectivity index (χ2v) is 8.11. The molecule has 116 valence electrons. The van der Waals surface area contributed by atoms with E-state index in [-0.39, 0.29) is 5.91 Å². The molecule has 1 fully saturated rings. The van der Waals surface area contributed by atoms with E-state index < -0.39 is 21.3 Å². The number of carbonyl (C=O) groups is 2. The molecule has 1 heterocycles. The lowest BCUT2D eigenvalue weighted by Gasteiger charge is -2.50. The average Bonchev–Trinajstić information content (AvgIpc) is 2.29. The van der Waals surface area contributed by atoms with E-state index in [9.17, 15) is 9.59 Å². The van der Waals surface area contributed by atoms with Gasteiger partial charge in [0.25, 0.3) is 5.91 Å². The van der Waals surface area contributed by atoms with E-state index in [0.717, 1.165) is 12.8 Å². The summed E-state index contributed by atoms with van der Waals surface area (Å²) in [5.41, 5.74) is -0.587. The Hall–Kier alpha value is -0.570. The summed E-state index contributed by atoms with van der Waals surface area (Å²) < 4.78 is 4.56. The summed E-state index contributed by atoms with van der Waals surface area (Å²) in [6.45, 7) is 9.72. The largest absolute Gasteiger partial charge is 0.444 e. The highest BCUT2D eigenvalue weighted by Gasteiger charge is 2.58. The van der Waals surface area contributed by atoms with Crippen LogP contribution in [0.3, 0.4) is 0 Å². The van der Waals surface area contributed by atoms with Crippen molar-refractivity contribution in [2.24, 2.45) is 0 Å². The number of amides is 2. The minimum Gasteiger partial charge on any atom is -0.444 e. The molecule has 6 nitrogen and oxygen atoms in total. The van der Waals surface area contributed by atoms with E-state index in [0.29, 0.717) is 6.61 Å². The van der Waals surface area contributed by atoms with E-state index in [1.165, 1.54) is 5.06 Å². The number of alkyl halides is 1. The lowest BCUT2D eigenvalue weighted by Crippen LogP contribution is -2.74. The van der Waals surface area contributed by atoms with Gasteiger partial charge in [-0.15, -0.1) is 0 Å². The highest BCUT2D eigenvalue weighted by atomic mass is 127. The van der Waals surface area contributed by atoms with Crippen LogP contribution in [0.1, 0.15) is 47.5 Å². The molecule has 0 aromatic heterocycles. The third-order valence-electron chi connectivity index (χ3n) is 2.75. The van der Waals surface area contributed by atoms with Gasteiger partial charge in [0.1, 0.15) is 15.2 Å². The van der Waals surface area contributed by atoms with Gasteiger partial charge in [0.05, 0.1) is 6.61 Å². The molecule has 0 radical (unpaired) electrons. The van der Waals surface area contributed by atoms with Crippen LogP contribution in [-0.4, -0.2) is 38.9 Å². The van der Waals surface area contributed by atoms with Gasteiger partial charge < -0.3 is 10.1 Å². The SMILES string of the molecule is CCCCON1C(=O)[C@@H](NC(=O)OC(C)(C)C)[C@]1(C)I. The lowest BCUT2D eigenvalue weighted by atomic mass is 10.0. The maximum absolute atomic E-state index is 12.0. The zero-order valence-electron chi connectivity index (χ0n) is 12.7. The van der Waals surface area contributed by atoms with Crippen molar-refractivity contribution in [1.82, 2.24) is 10.4 Å². The lowest BCUT2D eigenvalue weighted by molar-refractivity contribution is -0.236. The van der Waals surface area contributed by atoms with Gasteiger partial charge in [-0.3, -0.25) is 9.63 Å². The summed E-state index contributed by atoms with van der Waals surface area (Å²) in [5, 5.41) is 3.92. The minimum absolute atomic E-state index is 0.246. The maximum atomic E-state index is 12.0. The van der Waals surface area contributed by atoms with Crippen LogP contribution in [0.15, 0.2) is 0 Å². The fraction of sp³-hybridized carbons (Fsp3) is 0.846. The van der Waals surface area contributed by atoms with Gasteiger partial charge in [0, 0.05) is 0 Å². The predicted molar refractivity (Wildman–Crippen MR) is 83.3 cm³/mol. The Morgan fingerprint density at radius 1 is 1.50 bits per heavy atom. The maximum Gasteiger partial charge on any atom is 0.408 e. The number of hydrogen-bond acceptors (Lipinski definition) is 4. The Balaban J connectivity index is 2.53. The van der Waals surface area contributed by atoms with Gasteiger partial charge in [-0.05, 0) is 56.7 Å². The van der Waals surface area contributed by atoms with Crippen molar-refractivity contribution < 1.29 is 19.2 Å². The molecule has 1 rings (SSSR count). The van der Waals surface area contributed by atoms with Gasteiger partial charge in [0.2, 0.25) is 0 Å². The van der Waals surface area contributed by atoms with E-state index in [1.807, 2.05) is 6.92 Å². The second kappa shape index (κ2) is 6.46. The number of alkyl carbamates (subject to hydrolysis) is 1. The average molecular weight is 398 g/mol. The topological polar surface area (TPSA) is 67.9 Å². The first kappa shape index (κ1) is 17.5. The summed E-state index contributed by atoms with van der Waals surface area (Å²) in [6, 6.07) is -0.625. The van der Waals surface area contributed by atoms with Crippen LogP contribution in [0.2, 0.25) is 0 Å². The van der Waals surface area contributed by atoms with Crippen molar-refractivity contribution in [3.05, 3.63) is 0 Å². The first-order valence-electron chi connectivity index (χ1n) is 6.75. The molecular weight excluding hydrogens is 375 g/mol. The number of β-lactam (4-membered cyclic amide) rings is 1. The Bertz CT molecular complexity index is 379. The first-order chi connectivity index (χ1) is 9.09. The van der Waals surface area contributed by atoms with Crippen molar-refractivity contribution >= 4 is 34.6 Å². The number of nitrogens with zero attached hydrogens (tertiary/aromatic N) is 1. The molecule has 1 N–H and O–H groups in total. The number of carbonyl (C=O) groups excluding carboxylic acids is 2. The highest BCUT2D eigenvalue weighted by molar-refractivity contribution is 14.1. The van der Waals surface area contributed by atoms with E-state index >= 15 is 0 Å². The van der Waals surface area contributed by atoms with Crippen molar-refractivity contribution in [2.75, 3.05) is 6.61 Å². The zero-order valence-corrected chi connectivity index (χ0v) is 14.8. The molecule has 0 bridgehead atoms. The van der Waals surface area contributed by atoms with E-state index in [2.05, 4.69) is 34.8 Å². The summed E-state index contributed by atoms with van der Waals surface area (Å²) in [5.74, 6) is -0.246. The summed E-state index contributed by atoms with van der Waals surface area (Å²) in [7, 11) is 0. The van der Waals surface area contributed by atoms with Crippen LogP contribution < -0.4 is 5.32 Å². The Kier molecular flexibility index (Phi) is 5.65. The number of rotatable bonds is 5. The number of hydroxylamine groups is 2. The first-order valence-corrected chi connectivity index (χ1v) is 7.83. The molecule has 0 aromatic carbocycles. The molecule has 7 heteroatoms. The third kappa shape index (κ3) is 4.21. The molecule has 2 amide bonds. The van der Waals surface area contributed by atoms with Crippen molar-refractivity contribution in [2.45, 2.75) is 62.6 Å². The minimum atomic E-state index is -0.625. The van der Waals surface area contributed by atoms with Gasteiger partial charge in [-0.2, -0.15) is 0 Å². The molecule has 0 saturated carbocycles. The predicted octanol–water partition coefficient (Wildman–Crippen LogP) is 2.60. The normalized spacial score (nSPS) is 26.2. The molecule has 0 unspecified atom stereocenters. The molecule has 1 aliphatic rings. The fourth-order valence-electron chi connectivity index (χ4n) is 1.72. The molecule has 0 aromatic rings. The molecule has 1 aliphatic heterocycles. The van der Waals surface area contributed by atoms with Crippen molar-refractivity contribution in [3.63, 3.8) is 0 Å². The van der Waals surface area contributed by atoms with Crippen LogP contribution in [0.5, 0.6) is 0 Å². The second-order valence-electron chi connectivity index (χ2n) is 5.92. The molecule has 1 saturated heterocycles. The Morgan fingerprint density at radius 3 is 2.55 bits per heavy atom. The monoisotopic (exact) mass is 398 g/mol. The van der Waals surface area contributed by atoms with Crippen LogP contribution in [0.4, 0.5) is 4.79 Å². The van der Waals surface area contributed by atoms with Crippen molar-refractivity contribution in [1.29, 1.82) is 0 Å². The van der Waals surface area contributed by atoms with E-state index in [1.54, 1.807) is 20.8 Å². The number of hydrogen-bond donors (Lipinski definition) is 1. The number of ether oxygens (including phenoxy) is 1. The molecule has 20 heavy (non-hydrogen) atoms. The zero-order chi connectivity index (χ0) is 15.6. The molecule has 2 atom stereocenters.